The highest BCUT2D eigenvalue weighted by Gasteiger charge is 2.25. The number of aryl methyl sites for hydroxylation is 2. The summed E-state index contributed by atoms with van der Waals surface area (Å²) in [6, 6.07) is 17.4. The summed E-state index contributed by atoms with van der Waals surface area (Å²) in [6.45, 7) is 0. The first-order valence-corrected chi connectivity index (χ1v) is 11.2. The summed E-state index contributed by atoms with van der Waals surface area (Å²) in [5.74, 6) is 0.394. The molecule has 5 rings (SSSR count). The first-order chi connectivity index (χ1) is 15.1. The van der Waals surface area contributed by atoms with Gasteiger partial charge in [-0.15, -0.1) is 0 Å². The standard InChI is InChI=1S/C27H28N2O2/c1-29(23-10-8-19(9-11-23)18-2-3-18)24-12-13-25-20(4-6-21(25)16-24)5-7-22-17-28-15-14-26(22)27(30)31/h8-18,20H,2-7H2,1H3,(H,30,31)/t20-/m1/s1. The third-order valence-electron chi connectivity index (χ3n) is 6.94. The number of aromatic carboxylic acids is 1. The molecule has 0 saturated heterocycles. The Balaban J connectivity index is 1.29. The van der Waals surface area contributed by atoms with Gasteiger partial charge in [0, 0.05) is 30.8 Å². The fraction of sp³-hybridized carbons (Fsp3) is 0.333. The SMILES string of the molecule is CN(c1ccc(C2CC2)cc1)c1ccc2c(c1)CC[C@@H]2CCc1cnccc1C(=O)O. The molecule has 2 aromatic carbocycles. The van der Waals surface area contributed by atoms with Crippen LogP contribution in [0.1, 0.15) is 70.1 Å². The molecule has 0 radical (unpaired) electrons. The van der Waals surface area contributed by atoms with Gasteiger partial charge in [-0.05, 0) is 103 Å². The Morgan fingerprint density at radius 3 is 2.58 bits per heavy atom. The Morgan fingerprint density at radius 2 is 1.84 bits per heavy atom. The van der Waals surface area contributed by atoms with Gasteiger partial charge < -0.3 is 10.0 Å². The maximum atomic E-state index is 11.5. The van der Waals surface area contributed by atoms with Crippen molar-refractivity contribution in [2.24, 2.45) is 0 Å². The molecule has 1 aromatic heterocycles. The van der Waals surface area contributed by atoms with Crippen LogP contribution in [0.2, 0.25) is 0 Å². The third-order valence-corrected chi connectivity index (χ3v) is 6.94. The van der Waals surface area contributed by atoms with E-state index in [1.54, 1.807) is 18.5 Å². The number of carboxylic acid groups (broad SMARTS) is 1. The Labute approximate surface area is 183 Å². The van der Waals surface area contributed by atoms with E-state index in [0.29, 0.717) is 11.5 Å². The van der Waals surface area contributed by atoms with E-state index in [1.165, 1.54) is 40.9 Å². The predicted molar refractivity (Wildman–Crippen MR) is 124 cm³/mol. The molecule has 0 bridgehead atoms. The van der Waals surface area contributed by atoms with Crippen LogP contribution in [0.4, 0.5) is 11.4 Å². The maximum Gasteiger partial charge on any atom is 0.336 e. The molecule has 1 N–H and O–H groups in total. The van der Waals surface area contributed by atoms with Crippen molar-refractivity contribution in [2.45, 2.75) is 50.4 Å². The number of nitrogens with zero attached hydrogens (tertiary/aromatic N) is 2. The fourth-order valence-electron chi connectivity index (χ4n) is 4.90. The van der Waals surface area contributed by atoms with Gasteiger partial charge in [0.05, 0.1) is 5.56 Å². The number of pyridine rings is 1. The fourth-order valence-corrected chi connectivity index (χ4v) is 4.90. The van der Waals surface area contributed by atoms with Crippen molar-refractivity contribution in [3.8, 4) is 0 Å². The number of carbonyl (C=O) groups is 1. The van der Waals surface area contributed by atoms with E-state index in [2.05, 4.69) is 59.4 Å². The molecule has 158 valence electrons. The Bertz CT molecular complexity index is 1100. The normalized spacial score (nSPS) is 17.4. The quantitative estimate of drug-likeness (QED) is 0.510. The Morgan fingerprint density at radius 1 is 1.06 bits per heavy atom. The second kappa shape index (κ2) is 8.18. The number of hydrogen-bond acceptors (Lipinski definition) is 3. The van der Waals surface area contributed by atoms with Crippen LogP contribution in [0, 0.1) is 0 Å². The minimum absolute atomic E-state index is 0.373. The van der Waals surface area contributed by atoms with Crippen LogP contribution in [0.25, 0.3) is 0 Å². The molecule has 3 aromatic rings. The number of hydrogen-bond donors (Lipinski definition) is 1. The lowest BCUT2D eigenvalue weighted by atomic mass is 9.93. The summed E-state index contributed by atoms with van der Waals surface area (Å²) in [6.07, 6.45) is 9.83. The molecule has 1 fully saturated rings. The number of aromatic nitrogens is 1. The van der Waals surface area contributed by atoms with Gasteiger partial charge in [-0.1, -0.05) is 18.2 Å². The van der Waals surface area contributed by atoms with E-state index in [9.17, 15) is 9.90 Å². The number of carboxylic acids is 1. The van der Waals surface area contributed by atoms with Gasteiger partial charge in [-0.3, -0.25) is 4.98 Å². The third kappa shape index (κ3) is 4.07. The van der Waals surface area contributed by atoms with Crippen molar-refractivity contribution >= 4 is 17.3 Å². The van der Waals surface area contributed by atoms with Crippen LogP contribution in [-0.2, 0) is 12.8 Å². The second-order valence-corrected chi connectivity index (χ2v) is 8.92. The Hall–Kier alpha value is -3.14. The van der Waals surface area contributed by atoms with E-state index in [-0.39, 0.29) is 0 Å². The molecule has 0 amide bonds. The first kappa shape index (κ1) is 19.8. The first-order valence-electron chi connectivity index (χ1n) is 11.2. The van der Waals surface area contributed by atoms with Crippen LogP contribution in [0.5, 0.6) is 0 Å². The molecule has 1 heterocycles. The molecule has 2 aliphatic carbocycles. The van der Waals surface area contributed by atoms with Crippen LogP contribution in [0.15, 0.2) is 60.9 Å². The minimum atomic E-state index is -0.873. The molecule has 1 atom stereocenters. The van der Waals surface area contributed by atoms with E-state index in [0.717, 1.165) is 37.2 Å². The molecular weight excluding hydrogens is 384 g/mol. The zero-order valence-corrected chi connectivity index (χ0v) is 17.9. The van der Waals surface area contributed by atoms with Crippen LogP contribution >= 0.6 is 0 Å². The van der Waals surface area contributed by atoms with Crippen molar-refractivity contribution in [3.63, 3.8) is 0 Å². The summed E-state index contributed by atoms with van der Waals surface area (Å²) in [7, 11) is 2.14. The molecule has 31 heavy (non-hydrogen) atoms. The van der Waals surface area contributed by atoms with Crippen molar-refractivity contribution in [3.05, 3.63) is 88.7 Å². The lowest BCUT2D eigenvalue weighted by Gasteiger charge is -2.21. The Kier molecular flexibility index (Phi) is 5.23. The van der Waals surface area contributed by atoms with Crippen molar-refractivity contribution < 1.29 is 9.90 Å². The van der Waals surface area contributed by atoms with Crippen molar-refractivity contribution in [2.75, 3.05) is 11.9 Å². The summed E-state index contributed by atoms with van der Waals surface area (Å²) in [5.41, 5.74) is 7.95. The average Bonchev–Trinajstić information content (AvgIpc) is 3.57. The molecular formula is C27H28N2O2. The van der Waals surface area contributed by atoms with Crippen LogP contribution < -0.4 is 4.90 Å². The van der Waals surface area contributed by atoms with Gasteiger partial charge in [0.25, 0.3) is 0 Å². The highest BCUT2D eigenvalue weighted by atomic mass is 16.4. The molecule has 2 aliphatic rings. The summed E-state index contributed by atoms with van der Waals surface area (Å²) in [4.78, 5) is 17.8. The lowest BCUT2D eigenvalue weighted by molar-refractivity contribution is 0.0695. The van der Waals surface area contributed by atoms with Crippen LogP contribution in [-0.4, -0.2) is 23.1 Å². The van der Waals surface area contributed by atoms with Crippen molar-refractivity contribution in [1.29, 1.82) is 0 Å². The van der Waals surface area contributed by atoms with Gasteiger partial charge in [0.1, 0.15) is 0 Å². The number of rotatable bonds is 7. The lowest BCUT2D eigenvalue weighted by Crippen LogP contribution is -2.10. The van der Waals surface area contributed by atoms with Crippen molar-refractivity contribution in [1.82, 2.24) is 4.98 Å². The van der Waals surface area contributed by atoms with Gasteiger partial charge >= 0.3 is 5.97 Å². The summed E-state index contributed by atoms with van der Waals surface area (Å²) >= 11 is 0. The minimum Gasteiger partial charge on any atom is -0.478 e. The highest BCUT2D eigenvalue weighted by molar-refractivity contribution is 5.89. The zero-order valence-electron chi connectivity index (χ0n) is 17.9. The van der Waals surface area contributed by atoms with Gasteiger partial charge in [0.15, 0.2) is 0 Å². The molecule has 0 unspecified atom stereocenters. The average molecular weight is 413 g/mol. The van der Waals surface area contributed by atoms with Gasteiger partial charge in [-0.2, -0.15) is 0 Å². The molecule has 0 spiro atoms. The highest BCUT2D eigenvalue weighted by Crippen LogP contribution is 2.41. The molecule has 0 aliphatic heterocycles. The molecule has 1 saturated carbocycles. The smallest absolute Gasteiger partial charge is 0.336 e. The number of fused-ring (bicyclic) bond motifs is 1. The number of anilines is 2. The summed E-state index contributed by atoms with van der Waals surface area (Å²) in [5, 5.41) is 9.40. The second-order valence-electron chi connectivity index (χ2n) is 8.92. The monoisotopic (exact) mass is 412 g/mol. The molecule has 4 nitrogen and oxygen atoms in total. The van der Waals surface area contributed by atoms with E-state index in [1.807, 2.05) is 0 Å². The predicted octanol–water partition coefficient (Wildman–Crippen LogP) is 6.09. The van der Waals surface area contributed by atoms with Crippen LogP contribution in [0.3, 0.4) is 0 Å². The summed E-state index contributed by atoms with van der Waals surface area (Å²) < 4.78 is 0. The zero-order chi connectivity index (χ0) is 21.4. The molecule has 4 heteroatoms. The van der Waals surface area contributed by atoms with E-state index >= 15 is 0 Å². The van der Waals surface area contributed by atoms with Gasteiger partial charge in [0.2, 0.25) is 0 Å². The largest absolute Gasteiger partial charge is 0.478 e. The maximum absolute atomic E-state index is 11.5. The topological polar surface area (TPSA) is 53.4 Å². The number of benzene rings is 2. The van der Waals surface area contributed by atoms with E-state index in [4.69, 9.17) is 0 Å². The van der Waals surface area contributed by atoms with E-state index < -0.39 is 5.97 Å². The van der Waals surface area contributed by atoms with Gasteiger partial charge in [-0.25, -0.2) is 4.79 Å².